The van der Waals surface area contributed by atoms with E-state index in [0.29, 0.717) is 52.2 Å². The van der Waals surface area contributed by atoms with Gasteiger partial charge < -0.3 is 45.8 Å². The monoisotopic (exact) mass is 724 g/mol. The van der Waals surface area contributed by atoms with Crippen LogP contribution in [0.3, 0.4) is 0 Å². The highest BCUT2D eigenvalue weighted by Crippen LogP contribution is 2.18. The normalized spacial score (nSPS) is 10.8. The van der Waals surface area contributed by atoms with Gasteiger partial charge in [0.15, 0.2) is 0 Å². The molecule has 6 N–H and O–H groups in total. The van der Waals surface area contributed by atoms with Crippen LogP contribution in [-0.2, 0) is 41.4 Å². The first kappa shape index (κ1) is 44.6. The summed E-state index contributed by atoms with van der Waals surface area (Å²) in [5, 5.41) is 8.23. The highest BCUT2D eigenvalue weighted by atomic mass is 16.5. The summed E-state index contributed by atoms with van der Waals surface area (Å²) in [4.78, 5) is 24.0. The summed E-state index contributed by atoms with van der Waals surface area (Å²) in [5.74, 6) is 0.798. The molecule has 52 heavy (non-hydrogen) atoms. The molecule has 3 aromatic rings. The zero-order chi connectivity index (χ0) is 37.3. The van der Waals surface area contributed by atoms with Crippen molar-refractivity contribution in [2.24, 2.45) is 11.5 Å². The van der Waals surface area contributed by atoms with E-state index in [0.717, 1.165) is 108 Å². The maximum Gasteiger partial charge on any atom is 0.224 e. The zero-order valence-corrected chi connectivity index (χ0v) is 31.4. The van der Waals surface area contributed by atoms with Crippen molar-refractivity contribution in [2.45, 2.75) is 64.2 Å². The van der Waals surface area contributed by atoms with Gasteiger partial charge >= 0.3 is 0 Å². The Morgan fingerprint density at radius 1 is 0.538 bits per heavy atom. The molecule has 3 aromatic carbocycles. The number of unbranched alkanes of at least 4 members (excludes halogenated alkanes) is 2. The molecule has 0 radical (unpaired) electrons. The van der Waals surface area contributed by atoms with Crippen molar-refractivity contribution < 1.29 is 33.3 Å². The first-order valence-corrected chi connectivity index (χ1v) is 18.9. The van der Waals surface area contributed by atoms with Gasteiger partial charge in [-0.1, -0.05) is 60.7 Å². The van der Waals surface area contributed by atoms with Crippen LogP contribution >= 0.6 is 0 Å². The lowest BCUT2D eigenvalue weighted by Gasteiger charge is -2.09. The molecule has 0 aromatic heterocycles. The number of carbonyl (C=O) groups is 2. The quantitative estimate of drug-likeness (QED) is 0.0728. The van der Waals surface area contributed by atoms with Gasteiger partial charge in [-0.2, -0.15) is 0 Å². The van der Waals surface area contributed by atoms with Crippen molar-refractivity contribution in [1.82, 2.24) is 10.6 Å². The molecular weight excluding hydrogens is 660 g/mol. The van der Waals surface area contributed by atoms with Crippen LogP contribution in [-0.4, -0.2) is 98.0 Å². The van der Waals surface area contributed by atoms with Crippen molar-refractivity contribution in [1.29, 1.82) is 0 Å². The predicted molar refractivity (Wildman–Crippen MR) is 209 cm³/mol. The second-order valence-corrected chi connectivity index (χ2v) is 12.4. The molecule has 0 saturated carbocycles. The maximum atomic E-state index is 12.1. The van der Waals surface area contributed by atoms with E-state index in [2.05, 4.69) is 34.9 Å². The van der Waals surface area contributed by atoms with Crippen molar-refractivity contribution in [3.8, 4) is 5.75 Å². The topological polar surface area (TPSA) is 156 Å². The summed E-state index contributed by atoms with van der Waals surface area (Å²) in [6.07, 6.45) is 8.21. The number of nitrogens with one attached hydrogen (secondary N) is 2. The number of amides is 2. The fraction of sp³-hybridized carbons (Fsp3) is 0.561. The fourth-order valence-corrected chi connectivity index (χ4v) is 5.08. The van der Waals surface area contributed by atoms with E-state index in [1.165, 1.54) is 10.8 Å². The predicted octanol–water partition coefficient (Wildman–Crippen LogP) is 4.96. The molecule has 0 atom stereocenters. The highest BCUT2D eigenvalue weighted by molar-refractivity contribution is 5.85. The molecule has 290 valence electrons. The number of ether oxygens (including phenoxy) is 5. The van der Waals surface area contributed by atoms with Gasteiger partial charge in [-0.05, 0) is 86.9 Å². The van der Waals surface area contributed by atoms with E-state index < -0.39 is 0 Å². The number of fused-ring (bicyclic) bond motifs is 1. The van der Waals surface area contributed by atoms with E-state index in [1.54, 1.807) is 7.11 Å². The average Bonchev–Trinajstić information content (AvgIpc) is 3.16. The molecule has 3 rings (SSSR count). The Labute approximate surface area is 311 Å². The fourth-order valence-electron chi connectivity index (χ4n) is 5.08. The third kappa shape index (κ3) is 22.4. The van der Waals surface area contributed by atoms with Gasteiger partial charge in [0.1, 0.15) is 5.75 Å². The molecule has 0 saturated heterocycles. The average molecular weight is 725 g/mol. The van der Waals surface area contributed by atoms with Gasteiger partial charge in [0, 0.05) is 71.5 Å². The molecule has 0 fully saturated rings. The minimum Gasteiger partial charge on any atom is -0.496 e. The van der Waals surface area contributed by atoms with Gasteiger partial charge in [-0.15, -0.1) is 0 Å². The van der Waals surface area contributed by atoms with E-state index >= 15 is 0 Å². The number of hydrogen-bond donors (Lipinski definition) is 4. The minimum atomic E-state index is -0.000807. The van der Waals surface area contributed by atoms with Crippen LogP contribution in [0, 0.1) is 0 Å². The van der Waals surface area contributed by atoms with E-state index in [4.69, 9.17) is 35.2 Å². The number of methoxy groups -OCH3 is 1. The number of benzene rings is 3. The number of carbonyl (C=O) groups excluding carboxylic acids is 2. The first-order chi connectivity index (χ1) is 25.6. The van der Waals surface area contributed by atoms with Gasteiger partial charge in [-0.3, -0.25) is 9.59 Å². The molecule has 0 heterocycles. The second kappa shape index (κ2) is 31.0. The van der Waals surface area contributed by atoms with Crippen LogP contribution in [0.1, 0.15) is 62.5 Å². The van der Waals surface area contributed by atoms with Crippen molar-refractivity contribution in [2.75, 3.05) is 86.1 Å². The zero-order valence-electron chi connectivity index (χ0n) is 31.4. The second-order valence-electron chi connectivity index (χ2n) is 12.4. The molecule has 0 aliphatic carbocycles. The summed E-state index contributed by atoms with van der Waals surface area (Å²) in [7, 11) is 1.61. The lowest BCUT2D eigenvalue weighted by atomic mass is 10.0. The Morgan fingerprint density at radius 3 is 1.54 bits per heavy atom. The molecule has 11 heteroatoms. The Morgan fingerprint density at radius 2 is 1.00 bits per heavy atom. The smallest absolute Gasteiger partial charge is 0.224 e. The lowest BCUT2D eigenvalue weighted by Crippen LogP contribution is -2.27. The summed E-state index contributed by atoms with van der Waals surface area (Å²) in [5.41, 5.74) is 12.7. The minimum absolute atomic E-state index is 0.000807. The molecule has 2 amide bonds. The number of para-hydroxylation sites is 1. The maximum absolute atomic E-state index is 12.1. The van der Waals surface area contributed by atoms with E-state index in [1.807, 2.05) is 42.5 Å². The Bertz CT molecular complexity index is 1340. The third-order valence-electron chi connectivity index (χ3n) is 7.94. The van der Waals surface area contributed by atoms with Gasteiger partial charge in [0.2, 0.25) is 11.8 Å². The molecule has 0 unspecified atom stereocenters. The number of hydrogen-bond acceptors (Lipinski definition) is 9. The largest absolute Gasteiger partial charge is 0.496 e. The standard InChI is InChI=1S/C22H32N2O3.C19H32N2O4/c23-11-5-15-26-13-3-4-14-27-16-6-12-24-22(25)18-19-9-10-20-7-1-2-8-21(20)17-19;1-23-18-9-3-2-8-17(18)16-19(22)21-11-7-15-25-13-5-4-12-24-14-6-10-20/h1-2,7-10,17H,3-6,11-16,18,23H2,(H,24,25);2-3,8-9H,4-7,10-16,20H2,1H3,(H,21,22). The molecule has 11 nitrogen and oxygen atoms in total. The lowest BCUT2D eigenvalue weighted by molar-refractivity contribution is -0.121. The van der Waals surface area contributed by atoms with Crippen molar-refractivity contribution >= 4 is 22.6 Å². The SMILES string of the molecule is COc1ccccc1CC(=O)NCCCOCCCCOCCCN.NCCCOCCCCOCCCNC(=O)Cc1ccc2ccccc2c1. The Hall–Kier alpha value is -3.58. The molecule has 0 aliphatic heterocycles. The molecule has 0 bridgehead atoms. The summed E-state index contributed by atoms with van der Waals surface area (Å²) < 4.78 is 27.2. The molecule has 0 spiro atoms. The van der Waals surface area contributed by atoms with Gasteiger partial charge in [-0.25, -0.2) is 0 Å². The van der Waals surface area contributed by atoms with Crippen molar-refractivity contribution in [3.63, 3.8) is 0 Å². The summed E-state index contributed by atoms with van der Waals surface area (Å²) in [6.45, 7) is 8.46. The number of rotatable bonds is 29. The van der Waals surface area contributed by atoms with Crippen molar-refractivity contribution in [3.05, 3.63) is 77.9 Å². The van der Waals surface area contributed by atoms with Crippen LogP contribution in [0.4, 0.5) is 0 Å². The number of nitrogens with two attached hydrogens (primary N) is 2. The van der Waals surface area contributed by atoms with Crippen LogP contribution in [0.15, 0.2) is 66.7 Å². The van der Waals surface area contributed by atoms with Crippen LogP contribution in [0.2, 0.25) is 0 Å². The van der Waals surface area contributed by atoms with Crippen LogP contribution < -0.4 is 26.8 Å². The van der Waals surface area contributed by atoms with E-state index in [-0.39, 0.29) is 11.8 Å². The highest BCUT2D eigenvalue weighted by Gasteiger charge is 2.08. The first-order valence-electron chi connectivity index (χ1n) is 18.9. The third-order valence-corrected chi connectivity index (χ3v) is 7.94. The molecular formula is C41H64N4O7. The van der Waals surface area contributed by atoms with Crippen LogP contribution in [0.25, 0.3) is 10.8 Å². The Balaban J connectivity index is 0.000000361. The van der Waals surface area contributed by atoms with Gasteiger partial charge in [0.25, 0.3) is 0 Å². The summed E-state index contributed by atoms with van der Waals surface area (Å²) in [6, 6.07) is 21.9. The summed E-state index contributed by atoms with van der Waals surface area (Å²) >= 11 is 0. The van der Waals surface area contributed by atoms with Gasteiger partial charge in [0.05, 0.1) is 20.0 Å². The Kier molecular flexibility index (Phi) is 26.6. The molecule has 0 aliphatic rings. The van der Waals surface area contributed by atoms with Crippen LogP contribution in [0.5, 0.6) is 5.75 Å². The van der Waals surface area contributed by atoms with E-state index in [9.17, 15) is 9.59 Å².